The van der Waals surface area contributed by atoms with E-state index in [1.807, 2.05) is 18.2 Å². The third-order valence-corrected chi connectivity index (χ3v) is 13.4. The van der Waals surface area contributed by atoms with Crippen molar-refractivity contribution >= 4 is 37.2 Å². The topological polar surface area (TPSA) is 56.0 Å². The first-order valence-corrected chi connectivity index (χ1v) is 22.5. The van der Waals surface area contributed by atoms with Crippen LogP contribution >= 0.6 is 11.3 Å². The van der Waals surface area contributed by atoms with E-state index in [0.717, 1.165) is 56.8 Å². The molecular formula is C58H39N5S. The molecule has 0 N–H and O–H groups in total. The van der Waals surface area contributed by atoms with E-state index in [1.54, 1.807) is 11.3 Å². The number of nitrogens with zero attached hydrogens (tertiary/aromatic N) is 5. The van der Waals surface area contributed by atoms with Gasteiger partial charge in [0, 0.05) is 60.1 Å². The van der Waals surface area contributed by atoms with Crippen LogP contribution in [0.25, 0.3) is 105 Å². The molecule has 11 aromatic rings. The smallest absolute Gasteiger partial charge is 0.164 e. The zero-order valence-corrected chi connectivity index (χ0v) is 35.5. The van der Waals surface area contributed by atoms with E-state index in [0.29, 0.717) is 23.4 Å². The fourth-order valence-corrected chi connectivity index (χ4v) is 10.2. The van der Waals surface area contributed by atoms with Gasteiger partial charge in [0.2, 0.25) is 0 Å². The number of aromatic nitrogens is 5. The number of benzene rings is 7. The molecular weight excluding hydrogens is 799 g/mol. The number of pyridine rings is 1. The molecule has 1 aliphatic carbocycles. The van der Waals surface area contributed by atoms with Crippen molar-refractivity contribution in [3.8, 4) is 78.9 Å². The summed E-state index contributed by atoms with van der Waals surface area (Å²) in [6.45, 7) is 0. The first kappa shape index (κ1) is 37.7. The van der Waals surface area contributed by atoms with Gasteiger partial charge in [-0.3, -0.25) is 4.40 Å². The minimum absolute atomic E-state index is 0.379. The summed E-state index contributed by atoms with van der Waals surface area (Å²) in [5.74, 6) is 2.34. The largest absolute Gasteiger partial charge is 0.299 e. The molecule has 1 atom stereocenters. The summed E-state index contributed by atoms with van der Waals surface area (Å²) in [6, 6.07) is 66.6. The Morgan fingerprint density at radius 3 is 1.84 bits per heavy atom. The highest BCUT2D eigenvalue weighted by Crippen LogP contribution is 2.42. The van der Waals surface area contributed by atoms with Crippen molar-refractivity contribution in [2.75, 3.05) is 0 Å². The lowest BCUT2D eigenvalue weighted by molar-refractivity contribution is 0.854. The van der Waals surface area contributed by atoms with Crippen LogP contribution in [0.3, 0.4) is 0 Å². The Labute approximate surface area is 375 Å². The maximum absolute atomic E-state index is 5.29. The molecule has 0 bridgehead atoms. The highest BCUT2D eigenvalue weighted by molar-refractivity contribution is 7.25. The lowest BCUT2D eigenvalue weighted by Gasteiger charge is -2.14. The summed E-state index contributed by atoms with van der Waals surface area (Å²) in [4.78, 5) is 20.5. The fourth-order valence-electron chi connectivity index (χ4n) is 9.03. The van der Waals surface area contributed by atoms with Gasteiger partial charge in [-0.05, 0) is 70.6 Å². The van der Waals surface area contributed by atoms with Crippen molar-refractivity contribution in [2.24, 2.45) is 0 Å². The molecule has 0 fully saturated rings. The summed E-state index contributed by atoms with van der Waals surface area (Å²) in [5, 5.41) is 2.39. The molecule has 4 heterocycles. The second-order valence-corrected chi connectivity index (χ2v) is 17.3. The van der Waals surface area contributed by atoms with Crippen LogP contribution in [-0.2, 0) is 0 Å². The van der Waals surface area contributed by atoms with Gasteiger partial charge in [0.15, 0.2) is 17.5 Å². The Morgan fingerprint density at radius 1 is 0.438 bits per heavy atom. The molecule has 0 saturated heterocycles. The highest BCUT2D eigenvalue weighted by atomic mass is 32.1. The van der Waals surface area contributed by atoms with Crippen molar-refractivity contribution < 1.29 is 0 Å². The van der Waals surface area contributed by atoms with Crippen molar-refractivity contribution in [2.45, 2.75) is 12.3 Å². The summed E-state index contributed by atoms with van der Waals surface area (Å²) in [5.41, 5.74) is 14.0. The van der Waals surface area contributed by atoms with E-state index in [1.165, 1.54) is 42.4 Å². The van der Waals surface area contributed by atoms with Crippen molar-refractivity contribution in [1.29, 1.82) is 0 Å². The highest BCUT2D eigenvalue weighted by Gasteiger charge is 2.20. The molecule has 12 rings (SSSR count). The number of hydrogen-bond donors (Lipinski definition) is 0. The van der Waals surface area contributed by atoms with Crippen LogP contribution < -0.4 is 0 Å². The number of hydrogen-bond acceptors (Lipinski definition) is 5. The Bertz CT molecular complexity index is 3580. The second kappa shape index (κ2) is 16.0. The molecule has 5 nitrogen and oxygen atoms in total. The number of imidazole rings is 1. The standard InChI is InChI=1S/C58H39N5S/c1-4-15-38(16-5-1)39-26-28-42(29-27-39)57-60-56(41-19-8-3-9-20-41)61-58(62-57)46-30-32-49-50-36-44(31-33-51(50)64-52(49)37-46)54-55(63-34-13-12-25-53(63)59-54)45-22-14-21-43(35-45)48-24-11-10-23-47(48)40-17-6-2-7-18-40/h1-15,17-38H,16H2. The molecule has 0 amide bonds. The third-order valence-electron chi connectivity index (χ3n) is 12.2. The predicted molar refractivity (Wildman–Crippen MR) is 265 cm³/mol. The number of fused-ring (bicyclic) bond motifs is 4. The van der Waals surface area contributed by atoms with Crippen molar-refractivity contribution in [3.05, 3.63) is 224 Å². The zero-order chi connectivity index (χ0) is 42.4. The van der Waals surface area contributed by atoms with Crippen LogP contribution in [0, 0.1) is 0 Å². The molecule has 6 heteroatoms. The van der Waals surface area contributed by atoms with Gasteiger partial charge in [0.1, 0.15) is 5.65 Å². The second-order valence-electron chi connectivity index (χ2n) is 16.2. The number of allylic oxidation sites excluding steroid dienone is 4. The Hall–Kier alpha value is -8.06. The normalized spacial score (nSPS) is 13.6. The average molecular weight is 838 g/mol. The maximum atomic E-state index is 5.29. The van der Waals surface area contributed by atoms with Crippen LogP contribution in [-0.4, -0.2) is 24.3 Å². The third kappa shape index (κ3) is 6.91. The Balaban J connectivity index is 0.935. The minimum Gasteiger partial charge on any atom is -0.299 e. The van der Waals surface area contributed by atoms with Crippen molar-refractivity contribution in [1.82, 2.24) is 24.3 Å². The summed E-state index contributed by atoms with van der Waals surface area (Å²) in [7, 11) is 0. The molecule has 0 radical (unpaired) electrons. The first-order valence-electron chi connectivity index (χ1n) is 21.6. The van der Waals surface area contributed by atoms with Gasteiger partial charge >= 0.3 is 0 Å². The summed E-state index contributed by atoms with van der Waals surface area (Å²) in [6.07, 6.45) is 11.9. The van der Waals surface area contributed by atoms with Gasteiger partial charge in [0.05, 0.1) is 11.4 Å². The summed E-state index contributed by atoms with van der Waals surface area (Å²) < 4.78 is 4.60. The average Bonchev–Trinajstić information content (AvgIpc) is 3.95. The molecule has 64 heavy (non-hydrogen) atoms. The first-order chi connectivity index (χ1) is 31.7. The van der Waals surface area contributed by atoms with Gasteiger partial charge in [-0.2, -0.15) is 0 Å². The summed E-state index contributed by atoms with van der Waals surface area (Å²) >= 11 is 1.79. The number of rotatable bonds is 8. The van der Waals surface area contributed by atoms with E-state index in [9.17, 15) is 0 Å². The molecule has 302 valence electrons. The predicted octanol–water partition coefficient (Wildman–Crippen LogP) is 15.2. The van der Waals surface area contributed by atoms with Gasteiger partial charge in [0.25, 0.3) is 0 Å². The molecule has 1 unspecified atom stereocenters. The van der Waals surface area contributed by atoms with Crippen LogP contribution in [0.2, 0.25) is 0 Å². The van der Waals surface area contributed by atoms with E-state index in [4.69, 9.17) is 19.9 Å². The molecule has 7 aromatic carbocycles. The minimum atomic E-state index is 0.379. The molecule has 0 aliphatic heterocycles. The van der Waals surface area contributed by atoms with Gasteiger partial charge in [-0.1, -0.05) is 176 Å². The zero-order valence-electron chi connectivity index (χ0n) is 34.7. The van der Waals surface area contributed by atoms with Gasteiger partial charge in [-0.25, -0.2) is 19.9 Å². The molecule has 4 aromatic heterocycles. The van der Waals surface area contributed by atoms with E-state index in [2.05, 4.69) is 205 Å². The van der Waals surface area contributed by atoms with Crippen LogP contribution in [0.1, 0.15) is 17.9 Å². The molecule has 0 spiro atoms. The van der Waals surface area contributed by atoms with E-state index in [-0.39, 0.29) is 0 Å². The monoisotopic (exact) mass is 837 g/mol. The SMILES string of the molecule is C1=CCC(c2ccc(-c3nc(-c4ccccc4)nc(-c4ccc5c(c4)sc4ccc(-c6nc7ccccn7c6-c6cccc(-c7ccccc7-c7ccccc7)c6)cc45)n3)cc2)C=C1. The molecule has 0 saturated carbocycles. The lowest BCUT2D eigenvalue weighted by Crippen LogP contribution is -2.01. The Morgan fingerprint density at radius 2 is 1.08 bits per heavy atom. The Kier molecular flexibility index (Phi) is 9.42. The van der Waals surface area contributed by atoms with Crippen molar-refractivity contribution in [3.63, 3.8) is 0 Å². The quantitative estimate of drug-likeness (QED) is 0.153. The van der Waals surface area contributed by atoms with Gasteiger partial charge in [-0.15, -0.1) is 11.3 Å². The van der Waals surface area contributed by atoms with Gasteiger partial charge < -0.3 is 0 Å². The lowest BCUT2D eigenvalue weighted by atomic mass is 9.92. The van der Waals surface area contributed by atoms with Crippen LogP contribution in [0.15, 0.2) is 219 Å². The van der Waals surface area contributed by atoms with E-state index >= 15 is 0 Å². The van der Waals surface area contributed by atoms with Crippen LogP contribution in [0.5, 0.6) is 0 Å². The number of thiophene rings is 1. The fraction of sp³-hybridized carbons (Fsp3) is 0.0345. The van der Waals surface area contributed by atoms with E-state index < -0.39 is 0 Å². The van der Waals surface area contributed by atoms with Crippen LogP contribution in [0.4, 0.5) is 0 Å². The molecule has 1 aliphatic rings. The maximum Gasteiger partial charge on any atom is 0.164 e.